The third kappa shape index (κ3) is 1.27. The van der Waals surface area contributed by atoms with E-state index >= 15 is 0 Å². The van der Waals surface area contributed by atoms with Crippen LogP contribution in [0.5, 0.6) is 0 Å². The SMILES string of the molecule is Cc1cccc([N+]#N)c1I. The first kappa shape index (κ1) is 7.48. The van der Waals surface area contributed by atoms with Crippen LogP contribution in [0, 0.1) is 15.9 Å². The summed E-state index contributed by atoms with van der Waals surface area (Å²) in [6, 6.07) is 5.62. The van der Waals surface area contributed by atoms with Gasteiger partial charge in [0, 0.05) is 6.07 Å². The Morgan fingerprint density at radius 1 is 1.50 bits per heavy atom. The van der Waals surface area contributed by atoms with Crippen LogP contribution in [0.2, 0.25) is 0 Å². The van der Waals surface area contributed by atoms with Crippen molar-refractivity contribution >= 4 is 28.3 Å². The Hall–Kier alpha value is -0.630. The smallest absolute Gasteiger partial charge is 0.0577 e. The number of rotatable bonds is 0. The Bertz CT molecular complexity index is 288. The topological polar surface area (TPSA) is 28.1 Å². The summed E-state index contributed by atoms with van der Waals surface area (Å²) in [6.45, 7) is 1.98. The van der Waals surface area contributed by atoms with Gasteiger partial charge in [0.1, 0.15) is 3.57 Å². The van der Waals surface area contributed by atoms with Crippen LogP contribution in [0.1, 0.15) is 5.56 Å². The van der Waals surface area contributed by atoms with Crippen LogP contribution in [0.25, 0.3) is 4.98 Å². The summed E-state index contributed by atoms with van der Waals surface area (Å²) in [5, 5.41) is 8.46. The van der Waals surface area contributed by atoms with Gasteiger partial charge < -0.3 is 0 Å². The number of aryl methyl sites for hydroxylation is 1. The molecule has 0 heterocycles. The molecule has 0 bridgehead atoms. The summed E-state index contributed by atoms with van der Waals surface area (Å²) >= 11 is 2.15. The van der Waals surface area contributed by atoms with E-state index in [1.807, 2.05) is 19.1 Å². The first-order chi connectivity index (χ1) is 4.75. The maximum absolute atomic E-state index is 8.46. The first-order valence-corrected chi connectivity index (χ1v) is 3.94. The number of halogens is 1. The molecule has 1 aromatic rings. The van der Waals surface area contributed by atoms with E-state index in [1.165, 1.54) is 0 Å². The minimum absolute atomic E-state index is 0.639. The molecule has 0 N–H and O–H groups in total. The average Bonchev–Trinajstić information content (AvgIpc) is 1.95. The van der Waals surface area contributed by atoms with Crippen molar-refractivity contribution in [3.05, 3.63) is 32.3 Å². The van der Waals surface area contributed by atoms with Gasteiger partial charge in [0.15, 0.2) is 4.98 Å². The zero-order valence-electron chi connectivity index (χ0n) is 5.50. The molecule has 0 aliphatic carbocycles. The van der Waals surface area contributed by atoms with Crippen LogP contribution in [-0.4, -0.2) is 0 Å². The largest absolute Gasteiger partial charge is 0.398 e. The predicted molar refractivity (Wildman–Crippen MR) is 48.6 cm³/mol. The molecular formula is C7H6IN2+. The molecule has 0 aliphatic heterocycles. The molecule has 3 heteroatoms. The number of benzene rings is 1. The maximum Gasteiger partial charge on any atom is 0.398 e. The zero-order chi connectivity index (χ0) is 7.56. The fraction of sp³-hybridized carbons (Fsp3) is 0.143. The van der Waals surface area contributed by atoms with Crippen LogP contribution in [-0.2, 0) is 0 Å². The average molecular weight is 245 g/mol. The van der Waals surface area contributed by atoms with Crippen molar-refractivity contribution < 1.29 is 0 Å². The van der Waals surface area contributed by atoms with E-state index in [-0.39, 0.29) is 0 Å². The molecule has 0 unspecified atom stereocenters. The van der Waals surface area contributed by atoms with Crippen molar-refractivity contribution in [2.75, 3.05) is 0 Å². The van der Waals surface area contributed by atoms with E-state index in [1.54, 1.807) is 6.07 Å². The van der Waals surface area contributed by atoms with Crippen LogP contribution < -0.4 is 0 Å². The molecule has 0 fully saturated rings. The normalized spacial score (nSPS) is 8.90. The lowest BCUT2D eigenvalue weighted by atomic mass is 10.2. The quantitative estimate of drug-likeness (QED) is 0.509. The van der Waals surface area contributed by atoms with Gasteiger partial charge in [0.2, 0.25) is 5.39 Å². The highest BCUT2D eigenvalue weighted by Gasteiger charge is 2.10. The Kier molecular flexibility index (Phi) is 2.22. The lowest BCUT2D eigenvalue weighted by molar-refractivity contribution is 1.40. The third-order valence-corrected chi connectivity index (χ3v) is 2.68. The van der Waals surface area contributed by atoms with Gasteiger partial charge in [-0.15, -0.1) is 0 Å². The highest BCUT2D eigenvalue weighted by molar-refractivity contribution is 14.1. The summed E-state index contributed by atoms with van der Waals surface area (Å²) in [5.41, 5.74) is 1.77. The molecule has 0 aromatic heterocycles. The molecule has 1 rings (SSSR count). The van der Waals surface area contributed by atoms with E-state index in [4.69, 9.17) is 5.39 Å². The van der Waals surface area contributed by atoms with Crippen LogP contribution in [0.3, 0.4) is 0 Å². The Morgan fingerprint density at radius 2 is 2.20 bits per heavy atom. The fourth-order valence-electron chi connectivity index (χ4n) is 0.709. The number of hydrogen-bond donors (Lipinski definition) is 0. The number of hydrogen-bond acceptors (Lipinski definition) is 1. The molecule has 1 aromatic carbocycles. The van der Waals surface area contributed by atoms with E-state index in [9.17, 15) is 0 Å². The van der Waals surface area contributed by atoms with Crippen molar-refractivity contribution in [1.29, 1.82) is 5.39 Å². The standard InChI is InChI=1S/C7H6IN2/c1-5-3-2-4-6(10-9)7(5)8/h2-4H,1H3/q+1. The number of diazo groups is 1. The van der Waals surface area contributed by atoms with Crippen LogP contribution in [0.4, 0.5) is 5.69 Å². The number of nitrogens with zero attached hydrogens (tertiary/aromatic N) is 2. The van der Waals surface area contributed by atoms with Gasteiger partial charge >= 0.3 is 5.69 Å². The molecule has 0 amide bonds. The Labute approximate surface area is 73.0 Å². The minimum Gasteiger partial charge on any atom is -0.0577 e. The van der Waals surface area contributed by atoms with Gasteiger partial charge in [-0.05, 0) is 35.1 Å². The molecule has 0 saturated heterocycles. The lowest BCUT2D eigenvalue weighted by Gasteiger charge is -1.89. The Morgan fingerprint density at radius 3 is 2.70 bits per heavy atom. The summed E-state index contributed by atoms with van der Waals surface area (Å²) in [5.74, 6) is 0. The third-order valence-electron chi connectivity index (χ3n) is 1.28. The van der Waals surface area contributed by atoms with Crippen LogP contribution >= 0.6 is 22.6 Å². The van der Waals surface area contributed by atoms with Gasteiger partial charge in [-0.1, -0.05) is 12.1 Å². The van der Waals surface area contributed by atoms with E-state index in [0.29, 0.717) is 5.69 Å². The zero-order valence-corrected chi connectivity index (χ0v) is 7.66. The molecule has 10 heavy (non-hydrogen) atoms. The second-order valence-corrected chi connectivity index (χ2v) is 3.09. The molecule has 0 aliphatic rings. The summed E-state index contributed by atoms with van der Waals surface area (Å²) in [4.78, 5) is 3.12. The summed E-state index contributed by atoms with van der Waals surface area (Å²) in [6.07, 6.45) is 0. The van der Waals surface area contributed by atoms with Gasteiger partial charge in [-0.3, -0.25) is 0 Å². The summed E-state index contributed by atoms with van der Waals surface area (Å²) < 4.78 is 1.00. The second kappa shape index (κ2) is 2.97. The van der Waals surface area contributed by atoms with Crippen molar-refractivity contribution in [2.45, 2.75) is 6.92 Å². The van der Waals surface area contributed by atoms with E-state index < -0.39 is 0 Å². The van der Waals surface area contributed by atoms with Gasteiger partial charge in [-0.2, -0.15) is 0 Å². The molecule has 0 radical (unpaired) electrons. The van der Waals surface area contributed by atoms with Gasteiger partial charge in [0.05, 0.1) is 0 Å². The Balaban J connectivity index is 3.31. The highest BCUT2D eigenvalue weighted by Crippen LogP contribution is 2.23. The molecule has 0 saturated carbocycles. The van der Waals surface area contributed by atoms with Gasteiger partial charge in [0.25, 0.3) is 0 Å². The first-order valence-electron chi connectivity index (χ1n) is 2.86. The van der Waals surface area contributed by atoms with Crippen molar-refractivity contribution in [3.8, 4) is 0 Å². The van der Waals surface area contributed by atoms with Crippen molar-refractivity contribution in [3.63, 3.8) is 0 Å². The maximum atomic E-state index is 8.46. The summed E-state index contributed by atoms with van der Waals surface area (Å²) in [7, 11) is 0. The minimum atomic E-state index is 0.639. The molecule has 0 atom stereocenters. The van der Waals surface area contributed by atoms with Gasteiger partial charge in [-0.25, -0.2) is 0 Å². The van der Waals surface area contributed by atoms with Crippen LogP contribution in [0.15, 0.2) is 18.2 Å². The second-order valence-electron chi connectivity index (χ2n) is 2.01. The predicted octanol–water partition coefficient (Wildman–Crippen LogP) is 3.08. The fourth-order valence-corrected chi connectivity index (χ4v) is 1.18. The molecular weight excluding hydrogens is 239 g/mol. The molecule has 2 nitrogen and oxygen atoms in total. The van der Waals surface area contributed by atoms with E-state index in [0.717, 1.165) is 9.13 Å². The lowest BCUT2D eigenvalue weighted by Crippen LogP contribution is -1.76. The molecule has 0 spiro atoms. The molecule has 50 valence electrons. The monoisotopic (exact) mass is 245 g/mol. The van der Waals surface area contributed by atoms with E-state index in [2.05, 4.69) is 27.6 Å². The highest BCUT2D eigenvalue weighted by atomic mass is 127. The van der Waals surface area contributed by atoms with Crippen molar-refractivity contribution in [1.82, 2.24) is 0 Å². The van der Waals surface area contributed by atoms with Crippen molar-refractivity contribution in [2.24, 2.45) is 0 Å².